The molecule has 0 bridgehead atoms. The van der Waals surface area contributed by atoms with Crippen molar-refractivity contribution in [2.75, 3.05) is 24.0 Å². The summed E-state index contributed by atoms with van der Waals surface area (Å²) in [7, 11) is -0.402. The van der Waals surface area contributed by atoms with E-state index in [0.29, 0.717) is 5.92 Å². The van der Waals surface area contributed by atoms with Gasteiger partial charge < -0.3 is 0 Å². The highest BCUT2D eigenvalue weighted by atomic mass is 32.3. The average Bonchev–Trinajstić information content (AvgIpc) is 2.61. The van der Waals surface area contributed by atoms with Crippen molar-refractivity contribution >= 4 is 10.0 Å². The SMILES string of the molecule is CC(C)(c1ccc(-c2ccc(C3CCS(C)(C)CC3)cn2)cc1)C(F)(F)F. The van der Waals surface area contributed by atoms with Gasteiger partial charge in [0.2, 0.25) is 0 Å². The van der Waals surface area contributed by atoms with Crippen LogP contribution in [0.1, 0.15) is 43.7 Å². The number of hydrogen-bond acceptors (Lipinski definition) is 1. The van der Waals surface area contributed by atoms with E-state index in [9.17, 15) is 13.2 Å². The normalized spacial score (nSPS) is 19.7. The van der Waals surface area contributed by atoms with Crippen LogP contribution in [0.4, 0.5) is 13.2 Å². The van der Waals surface area contributed by atoms with Crippen LogP contribution in [0, 0.1) is 0 Å². The Labute approximate surface area is 161 Å². The van der Waals surface area contributed by atoms with Gasteiger partial charge in [0, 0.05) is 11.8 Å². The molecule has 0 radical (unpaired) electrons. The van der Waals surface area contributed by atoms with Gasteiger partial charge in [-0.25, -0.2) is 10.0 Å². The predicted octanol–water partition coefficient (Wildman–Crippen LogP) is 6.53. The summed E-state index contributed by atoms with van der Waals surface area (Å²) in [5.74, 6) is 3.22. The molecule has 1 aromatic carbocycles. The van der Waals surface area contributed by atoms with Crippen LogP contribution in [0.2, 0.25) is 0 Å². The van der Waals surface area contributed by atoms with E-state index in [2.05, 4.69) is 23.6 Å². The summed E-state index contributed by atoms with van der Waals surface area (Å²) in [5.41, 5.74) is 1.33. The minimum atomic E-state index is -4.27. The van der Waals surface area contributed by atoms with Crippen LogP contribution in [0.15, 0.2) is 42.6 Å². The van der Waals surface area contributed by atoms with Crippen LogP contribution in [0.5, 0.6) is 0 Å². The van der Waals surface area contributed by atoms with Gasteiger partial charge in [-0.3, -0.25) is 4.98 Å². The predicted molar refractivity (Wildman–Crippen MR) is 110 cm³/mol. The van der Waals surface area contributed by atoms with Gasteiger partial charge in [0.1, 0.15) is 0 Å². The number of hydrogen-bond donors (Lipinski definition) is 0. The van der Waals surface area contributed by atoms with Crippen LogP contribution < -0.4 is 0 Å². The van der Waals surface area contributed by atoms with Crippen molar-refractivity contribution in [3.63, 3.8) is 0 Å². The highest BCUT2D eigenvalue weighted by molar-refractivity contribution is 8.32. The molecule has 0 N–H and O–H groups in total. The first-order valence-electron chi connectivity index (χ1n) is 9.32. The number of halogens is 3. The van der Waals surface area contributed by atoms with Crippen LogP contribution in [0.3, 0.4) is 0 Å². The van der Waals surface area contributed by atoms with E-state index in [0.717, 1.165) is 11.3 Å². The molecule has 1 fully saturated rings. The van der Waals surface area contributed by atoms with Gasteiger partial charge in [-0.2, -0.15) is 13.2 Å². The Balaban J connectivity index is 1.74. The van der Waals surface area contributed by atoms with Crippen LogP contribution >= 0.6 is 10.0 Å². The Morgan fingerprint density at radius 2 is 1.52 bits per heavy atom. The van der Waals surface area contributed by atoms with Crippen molar-refractivity contribution in [2.24, 2.45) is 0 Å². The second kappa shape index (κ2) is 7.16. The van der Waals surface area contributed by atoms with Gasteiger partial charge in [0.05, 0.1) is 11.1 Å². The number of nitrogens with zero attached hydrogens (tertiary/aromatic N) is 1. The van der Waals surface area contributed by atoms with E-state index >= 15 is 0 Å². The lowest BCUT2D eigenvalue weighted by Crippen LogP contribution is -2.36. The minimum Gasteiger partial charge on any atom is -0.256 e. The van der Waals surface area contributed by atoms with E-state index in [4.69, 9.17) is 0 Å². The van der Waals surface area contributed by atoms with E-state index in [1.807, 2.05) is 12.3 Å². The van der Waals surface area contributed by atoms with E-state index in [1.165, 1.54) is 43.8 Å². The molecule has 5 heteroatoms. The van der Waals surface area contributed by atoms with Crippen molar-refractivity contribution in [3.05, 3.63) is 53.7 Å². The van der Waals surface area contributed by atoms with Crippen molar-refractivity contribution < 1.29 is 13.2 Å². The zero-order valence-corrected chi connectivity index (χ0v) is 17.3. The summed E-state index contributed by atoms with van der Waals surface area (Å²) in [6.07, 6.45) is 4.95. The first-order chi connectivity index (χ1) is 12.5. The summed E-state index contributed by atoms with van der Waals surface area (Å²) in [4.78, 5) is 4.59. The Morgan fingerprint density at radius 3 is 2.00 bits per heavy atom. The highest BCUT2D eigenvalue weighted by Gasteiger charge is 2.48. The average molecular weight is 396 g/mol. The summed E-state index contributed by atoms with van der Waals surface area (Å²) in [5, 5.41) is 0. The number of pyridine rings is 1. The van der Waals surface area contributed by atoms with Crippen molar-refractivity contribution in [1.82, 2.24) is 4.98 Å². The smallest absolute Gasteiger partial charge is 0.256 e. The second-order valence-electron chi connectivity index (χ2n) is 8.63. The molecule has 1 aromatic heterocycles. The summed E-state index contributed by atoms with van der Waals surface area (Å²) in [6, 6.07) is 10.7. The molecule has 1 nitrogen and oxygen atoms in total. The second-order valence-corrected chi connectivity index (χ2v) is 13.0. The molecule has 0 spiro atoms. The lowest BCUT2D eigenvalue weighted by Gasteiger charge is -2.39. The van der Waals surface area contributed by atoms with Crippen LogP contribution in [-0.2, 0) is 5.41 Å². The maximum atomic E-state index is 13.2. The van der Waals surface area contributed by atoms with E-state index in [-0.39, 0.29) is 5.56 Å². The Bertz CT molecular complexity index is 767. The molecule has 0 amide bonds. The Kier molecular flexibility index (Phi) is 5.37. The van der Waals surface area contributed by atoms with Crippen LogP contribution in [-0.4, -0.2) is 35.2 Å². The molecule has 0 saturated carbocycles. The highest BCUT2D eigenvalue weighted by Crippen LogP contribution is 2.49. The third kappa shape index (κ3) is 4.34. The van der Waals surface area contributed by atoms with Gasteiger partial charge >= 0.3 is 6.18 Å². The third-order valence-electron chi connectivity index (χ3n) is 5.91. The zero-order valence-electron chi connectivity index (χ0n) is 16.4. The zero-order chi connectivity index (χ0) is 19.9. The largest absolute Gasteiger partial charge is 0.397 e. The first-order valence-corrected chi connectivity index (χ1v) is 12.1. The first kappa shape index (κ1) is 20.2. The quantitative estimate of drug-likeness (QED) is 0.576. The van der Waals surface area contributed by atoms with E-state index in [1.54, 1.807) is 24.3 Å². The molecular formula is C22H28F3NS. The molecule has 3 rings (SSSR count). The van der Waals surface area contributed by atoms with Crippen molar-refractivity contribution in [2.45, 2.75) is 44.2 Å². The van der Waals surface area contributed by atoms with Crippen molar-refractivity contribution in [1.29, 1.82) is 0 Å². The fourth-order valence-corrected chi connectivity index (χ4v) is 5.59. The molecule has 1 saturated heterocycles. The topological polar surface area (TPSA) is 12.9 Å². The lowest BCUT2D eigenvalue weighted by atomic mass is 9.83. The molecule has 1 aliphatic rings. The van der Waals surface area contributed by atoms with Crippen molar-refractivity contribution in [3.8, 4) is 11.3 Å². The molecule has 1 aliphatic heterocycles. The molecule has 0 unspecified atom stereocenters. The summed E-state index contributed by atoms with van der Waals surface area (Å²) >= 11 is 0. The minimum absolute atomic E-state index is 0.266. The summed E-state index contributed by atoms with van der Waals surface area (Å²) < 4.78 is 39.6. The summed E-state index contributed by atoms with van der Waals surface area (Å²) in [6.45, 7) is 2.42. The molecule has 148 valence electrons. The molecule has 0 aliphatic carbocycles. The monoisotopic (exact) mass is 395 g/mol. The molecular weight excluding hydrogens is 367 g/mol. The molecule has 2 heterocycles. The fraction of sp³-hybridized carbons (Fsp3) is 0.500. The lowest BCUT2D eigenvalue weighted by molar-refractivity contribution is -0.180. The molecule has 0 atom stereocenters. The maximum Gasteiger partial charge on any atom is 0.397 e. The van der Waals surface area contributed by atoms with Gasteiger partial charge in [-0.1, -0.05) is 30.3 Å². The Morgan fingerprint density at radius 1 is 0.926 bits per heavy atom. The molecule has 2 aromatic rings. The van der Waals surface area contributed by atoms with Gasteiger partial charge in [0.25, 0.3) is 0 Å². The number of benzene rings is 1. The van der Waals surface area contributed by atoms with Gasteiger partial charge in [-0.05, 0) is 73.8 Å². The van der Waals surface area contributed by atoms with E-state index < -0.39 is 21.6 Å². The van der Waals surface area contributed by atoms with Crippen LogP contribution in [0.25, 0.3) is 11.3 Å². The standard InChI is InChI=1S/C22H28F3NS/c1-21(2,22(23,24)25)19-8-5-17(6-9-19)20-10-7-18(15-26-20)16-11-13-27(3,4)14-12-16/h5-10,15-16H,11-14H2,1-4H3. The Hall–Kier alpha value is -1.49. The number of alkyl halides is 3. The number of aromatic nitrogens is 1. The molecule has 27 heavy (non-hydrogen) atoms. The maximum absolute atomic E-state index is 13.2. The fourth-order valence-electron chi connectivity index (χ4n) is 3.54. The third-order valence-corrected chi connectivity index (χ3v) is 8.59. The van der Waals surface area contributed by atoms with Gasteiger partial charge in [0.15, 0.2) is 0 Å². The number of rotatable bonds is 3. The van der Waals surface area contributed by atoms with Gasteiger partial charge in [-0.15, -0.1) is 0 Å².